The molecule has 0 aliphatic heterocycles. The van der Waals surface area contributed by atoms with Crippen molar-refractivity contribution in [2.75, 3.05) is 0 Å². The minimum absolute atomic E-state index is 0.0696. The highest BCUT2D eigenvalue weighted by atomic mass is 16.3. The van der Waals surface area contributed by atoms with Crippen molar-refractivity contribution in [1.82, 2.24) is 0 Å². The molecular weight excluding hydrogens is 276 g/mol. The van der Waals surface area contributed by atoms with Gasteiger partial charge < -0.3 is 9.52 Å². The molecule has 3 aromatic rings. The standard InChI is InChI=1S/C19H18O3/c1-3-12-5-10-15-17(11-12)22-16(4-2)18(15)19(21)13-6-8-14(20)9-7-13/h5-11,20H,3-4H2,1-2H3. The summed E-state index contributed by atoms with van der Waals surface area (Å²) in [6.07, 6.45) is 1.59. The number of furan rings is 1. The van der Waals surface area contributed by atoms with Gasteiger partial charge in [-0.05, 0) is 42.3 Å². The molecule has 3 rings (SSSR count). The molecule has 0 saturated heterocycles. The van der Waals surface area contributed by atoms with Gasteiger partial charge in [-0.15, -0.1) is 0 Å². The van der Waals surface area contributed by atoms with E-state index >= 15 is 0 Å². The summed E-state index contributed by atoms with van der Waals surface area (Å²) in [6, 6.07) is 12.3. The molecule has 0 radical (unpaired) electrons. The fourth-order valence-electron chi connectivity index (χ4n) is 2.67. The Morgan fingerprint density at radius 3 is 2.41 bits per heavy atom. The number of carbonyl (C=O) groups excluding carboxylic acids is 1. The second kappa shape index (κ2) is 5.68. The molecule has 2 aromatic carbocycles. The Bertz CT molecular complexity index is 826. The predicted octanol–water partition coefficient (Wildman–Crippen LogP) is 4.49. The third-order valence-corrected chi connectivity index (χ3v) is 3.91. The van der Waals surface area contributed by atoms with Crippen LogP contribution in [0.4, 0.5) is 0 Å². The van der Waals surface area contributed by atoms with E-state index in [1.165, 1.54) is 17.7 Å². The number of aromatic hydroxyl groups is 1. The number of ketones is 1. The van der Waals surface area contributed by atoms with E-state index in [4.69, 9.17) is 4.42 Å². The van der Waals surface area contributed by atoms with E-state index in [0.29, 0.717) is 23.3 Å². The lowest BCUT2D eigenvalue weighted by Crippen LogP contribution is -2.03. The second-order valence-corrected chi connectivity index (χ2v) is 5.31. The molecule has 0 atom stereocenters. The molecule has 0 fully saturated rings. The summed E-state index contributed by atoms with van der Waals surface area (Å²) in [5, 5.41) is 10.2. The molecule has 22 heavy (non-hydrogen) atoms. The first-order valence-corrected chi connectivity index (χ1v) is 7.52. The SMILES string of the molecule is CCc1ccc2c(C(=O)c3ccc(O)cc3)c(CC)oc2c1. The van der Waals surface area contributed by atoms with E-state index < -0.39 is 0 Å². The van der Waals surface area contributed by atoms with Gasteiger partial charge in [-0.2, -0.15) is 0 Å². The molecule has 0 spiro atoms. The summed E-state index contributed by atoms with van der Waals surface area (Å²) >= 11 is 0. The van der Waals surface area contributed by atoms with Gasteiger partial charge in [0, 0.05) is 17.4 Å². The van der Waals surface area contributed by atoms with Crippen molar-refractivity contribution in [3.05, 3.63) is 64.9 Å². The van der Waals surface area contributed by atoms with E-state index in [0.717, 1.165) is 17.4 Å². The zero-order valence-corrected chi connectivity index (χ0v) is 12.7. The van der Waals surface area contributed by atoms with Crippen LogP contribution in [0.5, 0.6) is 5.75 Å². The largest absolute Gasteiger partial charge is 0.508 e. The topological polar surface area (TPSA) is 50.4 Å². The number of hydrogen-bond acceptors (Lipinski definition) is 3. The molecule has 3 heteroatoms. The summed E-state index contributed by atoms with van der Waals surface area (Å²) in [6.45, 7) is 4.07. The fraction of sp³-hybridized carbons (Fsp3) is 0.211. The Balaban J connectivity index is 2.16. The van der Waals surface area contributed by atoms with Crippen molar-refractivity contribution in [2.45, 2.75) is 26.7 Å². The lowest BCUT2D eigenvalue weighted by molar-refractivity contribution is 0.103. The molecule has 0 aliphatic carbocycles. The molecule has 112 valence electrons. The van der Waals surface area contributed by atoms with Crippen LogP contribution in [0.1, 0.15) is 41.1 Å². The third kappa shape index (κ3) is 2.39. The van der Waals surface area contributed by atoms with Crippen LogP contribution in [-0.2, 0) is 12.8 Å². The lowest BCUT2D eigenvalue weighted by Gasteiger charge is -2.02. The minimum Gasteiger partial charge on any atom is -0.508 e. The number of phenolic OH excluding ortho intramolecular Hbond substituents is 1. The van der Waals surface area contributed by atoms with Gasteiger partial charge in [-0.25, -0.2) is 0 Å². The van der Waals surface area contributed by atoms with Gasteiger partial charge >= 0.3 is 0 Å². The molecule has 1 aromatic heterocycles. The van der Waals surface area contributed by atoms with Gasteiger partial charge in [0.2, 0.25) is 0 Å². The number of hydrogen-bond donors (Lipinski definition) is 1. The van der Waals surface area contributed by atoms with Crippen LogP contribution in [-0.4, -0.2) is 10.9 Å². The van der Waals surface area contributed by atoms with Gasteiger partial charge in [0.25, 0.3) is 0 Å². The molecule has 0 saturated carbocycles. The van der Waals surface area contributed by atoms with Crippen LogP contribution in [0.25, 0.3) is 11.0 Å². The number of rotatable bonds is 4. The number of carbonyl (C=O) groups is 1. The number of phenols is 1. The molecule has 0 bridgehead atoms. The highest BCUT2D eigenvalue weighted by Crippen LogP contribution is 2.30. The van der Waals surface area contributed by atoms with Crippen molar-refractivity contribution in [3.8, 4) is 5.75 Å². The maximum atomic E-state index is 12.8. The molecule has 1 N–H and O–H groups in total. The molecule has 0 unspecified atom stereocenters. The second-order valence-electron chi connectivity index (χ2n) is 5.31. The van der Waals surface area contributed by atoms with Crippen LogP contribution in [0.15, 0.2) is 46.9 Å². The average Bonchev–Trinajstić information content (AvgIpc) is 2.92. The van der Waals surface area contributed by atoms with Gasteiger partial charge in [0.05, 0.1) is 5.56 Å². The normalized spacial score (nSPS) is 11.0. The smallest absolute Gasteiger partial charge is 0.197 e. The van der Waals surface area contributed by atoms with E-state index in [1.54, 1.807) is 12.1 Å². The van der Waals surface area contributed by atoms with Crippen molar-refractivity contribution in [2.24, 2.45) is 0 Å². The quantitative estimate of drug-likeness (QED) is 0.721. The number of aryl methyl sites for hydroxylation is 2. The Morgan fingerprint density at radius 2 is 1.77 bits per heavy atom. The monoisotopic (exact) mass is 294 g/mol. The first-order chi connectivity index (χ1) is 10.6. The Kier molecular flexibility index (Phi) is 3.72. The zero-order chi connectivity index (χ0) is 15.7. The van der Waals surface area contributed by atoms with Crippen LogP contribution >= 0.6 is 0 Å². The summed E-state index contributed by atoms with van der Waals surface area (Å²) in [7, 11) is 0. The third-order valence-electron chi connectivity index (χ3n) is 3.91. The maximum Gasteiger partial charge on any atom is 0.197 e. The van der Waals surface area contributed by atoms with E-state index in [9.17, 15) is 9.90 Å². The van der Waals surface area contributed by atoms with Crippen LogP contribution in [0.3, 0.4) is 0 Å². The molecule has 0 amide bonds. The average molecular weight is 294 g/mol. The Hall–Kier alpha value is -2.55. The highest BCUT2D eigenvalue weighted by Gasteiger charge is 2.21. The van der Waals surface area contributed by atoms with Crippen LogP contribution < -0.4 is 0 Å². The number of fused-ring (bicyclic) bond motifs is 1. The van der Waals surface area contributed by atoms with E-state index in [1.807, 2.05) is 25.1 Å². The first kappa shape index (κ1) is 14.4. The van der Waals surface area contributed by atoms with Crippen LogP contribution in [0.2, 0.25) is 0 Å². The molecular formula is C19H18O3. The first-order valence-electron chi connectivity index (χ1n) is 7.52. The summed E-state index contributed by atoms with van der Waals surface area (Å²) in [4.78, 5) is 12.8. The fourth-order valence-corrected chi connectivity index (χ4v) is 2.67. The van der Waals surface area contributed by atoms with Crippen molar-refractivity contribution < 1.29 is 14.3 Å². The van der Waals surface area contributed by atoms with Gasteiger partial charge in [-0.1, -0.05) is 26.0 Å². The van der Waals surface area contributed by atoms with E-state index in [2.05, 4.69) is 6.92 Å². The molecule has 1 heterocycles. The summed E-state index contributed by atoms with van der Waals surface area (Å²) in [5.74, 6) is 0.790. The van der Waals surface area contributed by atoms with Crippen molar-refractivity contribution in [1.29, 1.82) is 0 Å². The van der Waals surface area contributed by atoms with E-state index in [-0.39, 0.29) is 11.5 Å². The van der Waals surface area contributed by atoms with Gasteiger partial charge in [-0.3, -0.25) is 4.79 Å². The van der Waals surface area contributed by atoms with Crippen LogP contribution in [0, 0.1) is 0 Å². The maximum absolute atomic E-state index is 12.8. The lowest BCUT2D eigenvalue weighted by atomic mass is 9.98. The zero-order valence-electron chi connectivity index (χ0n) is 12.7. The molecule has 3 nitrogen and oxygen atoms in total. The summed E-state index contributed by atoms with van der Waals surface area (Å²) < 4.78 is 5.89. The predicted molar refractivity (Wildman–Crippen MR) is 86.5 cm³/mol. The number of benzene rings is 2. The highest BCUT2D eigenvalue weighted by molar-refractivity contribution is 6.16. The summed E-state index contributed by atoms with van der Waals surface area (Å²) in [5.41, 5.74) is 3.13. The Labute approximate surface area is 129 Å². The minimum atomic E-state index is -0.0696. The molecule has 0 aliphatic rings. The van der Waals surface area contributed by atoms with Crippen molar-refractivity contribution in [3.63, 3.8) is 0 Å². The van der Waals surface area contributed by atoms with Gasteiger partial charge in [0.15, 0.2) is 5.78 Å². The Morgan fingerprint density at radius 1 is 1.05 bits per heavy atom. The van der Waals surface area contributed by atoms with Gasteiger partial charge in [0.1, 0.15) is 17.1 Å². The van der Waals surface area contributed by atoms with Crippen molar-refractivity contribution >= 4 is 16.8 Å².